The van der Waals surface area contributed by atoms with Gasteiger partial charge in [0.25, 0.3) is 0 Å². The summed E-state index contributed by atoms with van der Waals surface area (Å²) in [7, 11) is 0. The lowest BCUT2D eigenvalue weighted by atomic mass is 9.93. The molecule has 1 aliphatic rings. The Hall–Kier alpha value is -1.39. The van der Waals surface area contributed by atoms with Crippen molar-refractivity contribution < 1.29 is 5.11 Å². The van der Waals surface area contributed by atoms with Gasteiger partial charge in [-0.1, -0.05) is 0 Å². The molecule has 0 atom stereocenters. The van der Waals surface area contributed by atoms with Gasteiger partial charge in [0.1, 0.15) is 5.65 Å². The van der Waals surface area contributed by atoms with Crippen LogP contribution < -0.4 is 0 Å². The van der Waals surface area contributed by atoms with E-state index in [0.29, 0.717) is 5.92 Å². The normalized spacial score (nSPS) is 18.5. The number of piperidine rings is 1. The van der Waals surface area contributed by atoms with Crippen molar-refractivity contribution in [1.82, 2.24) is 14.9 Å². The summed E-state index contributed by atoms with van der Waals surface area (Å²) in [5, 5.41) is 10.1. The van der Waals surface area contributed by atoms with E-state index in [0.717, 1.165) is 38.1 Å². The SMILES string of the molecule is OCCN1CCC(c2cc3cccnc3[nH]2)CC1. The number of aromatic nitrogens is 2. The number of aliphatic hydroxyl groups excluding tert-OH is 1. The molecule has 0 saturated carbocycles. The molecular weight excluding hydrogens is 226 g/mol. The Morgan fingerprint density at radius 3 is 2.94 bits per heavy atom. The van der Waals surface area contributed by atoms with Gasteiger partial charge in [-0.25, -0.2) is 4.98 Å². The minimum atomic E-state index is 0.265. The molecule has 0 aliphatic carbocycles. The monoisotopic (exact) mass is 245 g/mol. The molecule has 3 rings (SSSR count). The van der Waals surface area contributed by atoms with Crippen LogP contribution in [-0.4, -0.2) is 46.2 Å². The van der Waals surface area contributed by atoms with E-state index in [1.165, 1.54) is 11.1 Å². The molecule has 0 amide bonds. The average Bonchev–Trinajstić information content (AvgIpc) is 2.84. The van der Waals surface area contributed by atoms with Gasteiger partial charge in [0.05, 0.1) is 6.61 Å². The van der Waals surface area contributed by atoms with E-state index in [4.69, 9.17) is 5.11 Å². The van der Waals surface area contributed by atoms with Crippen LogP contribution >= 0.6 is 0 Å². The van der Waals surface area contributed by atoms with E-state index in [1.54, 1.807) is 0 Å². The largest absolute Gasteiger partial charge is 0.395 e. The first-order chi connectivity index (χ1) is 8.86. The van der Waals surface area contributed by atoms with Crippen LogP contribution in [0, 0.1) is 0 Å². The summed E-state index contributed by atoms with van der Waals surface area (Å²) < 4.78 is 0. The highest BCUT2D eigenvalue weighted by atomic mass is 16.3. The number of pyridine rings is 1. The van der Waals surface area contributed by atoms with Crippen molar-refractivity contribution in [2.24, 2.45) is 0 Å². The molecule has 1 saturated heterocycles. The molecule has 2 N–H and O–H groups in total. The van der Waals surface area contributed by atoms with Crippen LogP contribution in [0.15, 0.2) is 24.4 Å². The zero-order chi connectivity index (χ0) is 12.4. The van der Waals surface area contributed by atoms with Crippen LogP contribution in [0.25, 0.3) is 11.0 Å². The summed E-state index contributed by atoms with van der Waals surface area (Å²) in [6, 6.07) is 6.31. The molecular formula is C14H19N3O. The van der Waals surface area contributed by atoms with Gasteiger partial charge in [0.15, 0.2) is 0 Å². The third-order valence-corrected chi connectivity index (χ3v) is 3.86. The Morgan fingerprint density at radius 2 is 2.22 bits per heavy atom. The van der Waals surface area contributed by atoms with Gasteiger partial charge in [0, 0.05) is 29.7 Å². The van der Waals surface area contributed by atoms with Gasteiger partial charge >= 0.3 is 0 Å². The fourth-order valence-corrected chi connectivity index (χ4v) is 2.81. The molecule has 0 unspecified atom stereocenters. The summed E-state index contributed by atoms with van der Waals surface area (Å²) in [6.45, 7) is 3.23. The molecule has 2 aromatic heterocycles. The zero-order valence-electron chi connectivity index (χ0n) is 10.5. The van der Waals surface area contributed by atoms with Crippen LogP contribution in [0.4, 0.5) is 0 Å². The van der Waals surface area contributed by atoms with E-state index in [9.17, 15) is 0 Å². The van der Waals surface area contributed by atoms with Crippen LogP contribution in [0.1, 0.15) is 24.5 Å². The Balaban J connectivity index is 1.72. The third kappa shape index (κ3) is 2.26. The minimum Gasteiger partial charge on any atom is -0.395 e. The lowest BCUT2D eigenvalue weighted by Crippen LogP contribution is -2.35. The number of β-amino-alcohol motifs (C(OH)–C–C–N with tert-alkyl or cyclic N) is 1. The molecule has 96 valence electrons. The molecule has 0 bridgehead atoms. The van der Waals surface area contributed by atoms with Gasteiger partial charge in [0.2, 0.25) is 0 Å². The van der Waals surface area contributed by atoms with Crippen molar-refractivity contribution >= 4 is 11.0 Å². The number of hydrogen-bond acceptors (Lipinski definition) is 3. The van der Waals surface area contributed by atoms with Crippen molar-refractivity contribution in [1.29, 1.82) is 0 Å². The maximum absolute atomic E-state index is 8.94. The van der Waals surface area contributed by atoms with E-state index in [2.05, 4.69) is 27.0 Å². The summed E-state index contributed by atoms with van der Waals surface area (Å²) in [5.74, 6) is 0.606. The predicted octanol–water partition coefficient (Wildman–Crippen LogP) is 1.73. The molecule has 2 aromatic rings. The average molecular weight is 245 g/mol. The maximum Gasteiger partial charge on any atom is 0.137 e. The number of aromatic amines is 1. The molecule has 0 spiro atoms. The van der Waals surface area contributed by atoms with Gasteiger partial charge in [-0.15, -0.1) is 0 Å². The number of hydrogen-bond donors (Lipinski definition) is 2. The summed E-state index contributed by atoms with van der Waals surface area (Å²) in [5.41, 5.74) is 2.30. The molecule has 4 nitrogen and oxygen atoms in total. The van der Waals surface area contributed by atoms with E-state index < -0.39 is 0 Å². The van der Waals surface area contributed by atoms with Crippen LogP contribution in [0.3, 0.4) is 0 Å². The minimum absolute atomic E-state index is 0.265. The number of H-pyrrole nitrogens is 1. The smallest absolute Gasteiger partial charge is 0.137 e. The highest BCUT2D eigenvalue weighted by molar-refractivity contribution is 5.76. The Morgan fingerprint density at radius 1 is 1.39 bits per heavy atom. The fourth-order valence-electron chi connectivity index (χ4n) is 2.81. The fraction of sp³-hybridized carbons (Fsp3) is 0.500. The standard InChI is InChI=1S/C14H19N3O/c18-9-8-17-6-3-11(4-7-17)13-10-12-2-1-5-15-14(12)16-13/h1-2,5,10-11,18H,3-4,6-9H2,(H,15,16). The quantitative estimate of drug-likeness (QED) is 0.866. The highest BCUT2D eigenvalue weighted by Gasteiger charge is 2.21. The molecule has 0 radical (unpaired) electrons. The second-order valence-electron chi connectivity index (χ2n) is 5.01. The molecule has 0 aromatic carbocycles. The molecule has 1 aliphatic heterocycles. The van der Waals surface area contributed by atoms with E-state index in [1.807, 2.05) is 12.3 Å². The molecule has 1 fully saturated rings. The number of fused-ring (bicyclic) bond motifs is 1. The van der Waals surface area contributed by atoms with E-state index in [-0.39, 0.29) is 6.61 Å². The van der Waals surface area contributed by atoms with Crippen molar-refractivity contribution in [2.75, 3.05) is 26.2 Å². The number of nitrogens with zero attached hydrogens (tertiary/aromatic N) is 2. The van der Waals surface area contributed by atoms with Crippen LogP contribution in [0.5, 0.6) is 0 Å². The zero-order valence-corrected chi connectivity index (χ0v) is 10.5. The first-order valence-electron chi connectivity index (χ1n) is 6.63. The van der Waals surface area contributed by atoms with E-state index >= 15 is 0 Å². The number of likely N-dealkylation sites (tertiary alicyclic amines) is 1. The van der Waals surface area contributed by atoms with Crippen LogP contribution in [-0.2, 0) is 0 Å². The van der Waals surface area contributed by atoms with Gasteiger partial charge in [-0.05, 0) is 44.1 Å². The second-order valence-corrected chi connectivity index (χ2v) is 5.01. The van der Waals surface area contributed by atoms with Gasteiger partial charge < -0.3 is 15.0 Å². The number of rotatable bonds is 3. The van der Waals surface area contributed by atoms with Crippen molar-refractivity contribution in [3.63, 3.8) is 0 Å². The second kappa shape index (κ2) is 5.08. The predicted molar refractivity (Wildman–Crippen MR) is 71.6 cm³/mol. The van der Waals surface area contributed by atoms with Crippen LogP contribution in [0.2, 0.25) is 0 Å². The maximum atomic E-state index is 8.94. The van der Waals surface area contributed by atoms with Crippen molar-refractivity contribution in [3.8, 4) is 0 Å². The lowest BCUT2D eigenvalue weighted by Gasteiger charge is -2.30. The van der Waals surface area contributed by atoms with Crippen molar-refractivity contribution in [2.45, 2.75) is 18.8 Å². The Bertz CT molecular complexity index is 481. The molecule has 18 heavy (non-hydrogen) atoms. The van der Waals surface area contributed by atoms with Crippen molar-refractivity contribution in [3.05, 3.63) is 30.1 Å². The first kappa shape index (κ1) is 11.7. The lowest BCUT2D eigenvalue weighted by molar-refractivity contribution is 0.163. The number of aliphatic hydroxyl groups is 1. The molecule has 3 heterocycles. The summed E-state index contributed by atoms with van der Waals surface area (Å²) >= 11 is 0. The molecule has 4 heteroatoms. The highest BCUT2D eigenvalue weighted by Crippen LogP contribution is 2.29. The number of nitrogens with one attached hydrogen (secondary N) is 1. The van der Waals surface area contributed by atoms with Gasteiger partial charge in [-0.3, -0.25) is 0 Å². The summed E-state index contributed by atoms with van der Waals surface area (Å²) in [6.07, 6.45) is 4.14. The first-order valence-corrected chi connectivity index (χ1v) is 6.63. The summed E-state index contributed by atoms with van der Waals surface area (Å²) in [4.78, 5) is 10.1. The van der Waals surface area contributed by atoms with Gasteiger partial charge in [-0.2, -0.15) is 0 Å². The topological polar surface area (TPSA) is 52.1 Å². The Kier molecular flexibility index (Phi) is 3.30. The third-order valence-electron chi connectivity index (χ3n) is 3.86. The Labute approximate surface area is 107 Å².